The standard InChI is InChI=1S/C22H17Cl4N3O3S/c1-14-2-5-19(6-3-14)33(31,32)29(18-10-16(23)9-17(24)11-18)13-22(30)28-27-12-15-4-7-20(25)21(26)8-15/h2-12H,13H2,1H3,(H,28,30)/b27-12+. The van der Waals surface area contributed by atoms with Gasteiger partial charge in [0, 0.05) is 10.0 Å². The molecule has 3 aromatic rings. The van der Waals surface area contributed by atoms with E-state index in [1.165, 1.54) is 36.5 Å². The Morgan fingerprint density at radius 3 is 2.18 bits per heavy atom. The van der Waals surface area contributed by atoms with Crippen molar-refractivity contribution in [3.63, 3.8) is 0 Å². The fourth-order valence-corrected chi connectivity index (χ4v) is 5.00. The average molecular weight is 545 g/mol. The van der Waals surface area contributed by atoms with E-state index in [1.807, 2.05) is 6.92 Å². The quantitative estimate of drug-likeness (QED) is 0.294. The van der Waals surface area contributed by atoms with Gasteiger partial charge in [0.05, 0.1) is 26.8 Å². The predicted octanol–water partition coefficient (Wildman–Crippen LogP) is 5.95. The van der Waals surface area contributed by atoms with Crippen LogP contribution in [0.3, 0.4) is 0 Å². The highest BCUT2D eigenvalue weighted by Crippen LogP contribution is 2.29. The minimum Gasteiger partial charge on any atom is -0.271 e. The van der Waals surface area contributed by atoms with Crippen LogP contribution in [0.2, 0.25) is 20.1 Å². The first-order valence-corrected chi connectivity index (χ1v) is 12.3. The number of hydrogen-bond acceptors (Lipinski definition) is 4. The number of hydrazone groups is 1. The van der Waals surface area contributed by atoms with Gasteiger partial charge in [0.25, 0.3) is 15.9 Å². The molecule has 0 radical (unpaired) electrons. The van der Waals surface area contributed by atoms with Crippen molar-refractivity contribution in [2.75, 3.05) is 10.8 Å². The van der Waals surface area contributed by atoms with Crippen molar-refractivity contribution in [2.45, 2.75) is 11.8 Å². The van der Waals surface area contributed by atoms with Crippen LogP contribution in [-0.4, -0.2) is 27.1 Å². The van der Waals surface area contributed by atoms with Gasteiger partial charge in [-0.1, -0.05) is 70.2 Å². The minimum absolute atomic E-state index is 0.0105. The fraction of sp³-hybridized carbons (Fsp3) is 0.0909. The molecule has 6 nitrogen and oxygen atoms in total. The average Bonchev–Trinajstić information content (AvgIpc) is 2.74. The summed E-state index contributed by atoms with van der Waals surface area (Å²) < 4.78 is 27.6. The zero-order valence-electron chi connectivity index (χ0n) is 17.1. The molecule has 0 saturated carbocycles. The zero-order chi connectivity index (χ0) is 24.2. The van der Waals surface area contributed by atoms with Crippen LogP contribution in [0.4, 0.5) is 5.69 Å². The van der Waals surface area contributed by atoms with Gasteiger partial charge in [-0.15, -0.1) is 0 Å². The Hall–Kier alpha value is -2.29. The van der Waals surface area contributed by atoms with E-state index in [9.17, 15) is 13.2 Å². The van der Waals surface area contributed by atoms with Crippen LogP contribution in [0.25, 0.3) is 0 Å². The molecule has 0 unspecified atom stereocenters. The highest BCUT2D eigenvalue weighted by atomic mass is 35.5. The summed E-state index contributed by atoms with van der Waals surface area (Å²) in [5, 5.41) is 5.02. The Bertz CT molecular complexity index is 1290. The van der Waals surface area contributed by atoms with E-state index in [0.29, 0.717) is 15.6 Å². The van der Waals surface area contributed by atoms with Crippen LogP contribution in [0.5, 0.6) is 0 Å². The van der Waals surface area contributed by atoms with Crippen molar-refractivity contribution < 1.29 is 13.2 Å². The maximum Gasteiger partial charge on any atom is 0.264 e. The molecule has 0 saturated heterocycles. The number of halogens is 4. The molecule has 3 rings (SSSR count). The van der Waals surface area contributed by atoms with E-state index >= 15 is 0 Å². The summed E-state index contributed by atoms with van der Waals surface area (Å²) in [5.41, 5.74) is 3.93. The number of rotatable bonds is 7. The monoisotopic (exact) mass is 543 g/mol. The molecule has 0 heterocycles. The largest absolute Gasteiger partial charge is 0.271 e. The Labute approximate surface area is 211 Å². The van der Waals surface area contributed by atoms with Gasteiger partial charge in [0.2, 0.25) is 0 Å². The summed E-state index contributed by atoms with van der Waals surface area (Å²) in [6, 6.07) is 15.4. The molecule has 11 heteroatoms. The van der Waals surface area contributed by atoms with Crippen LogP contribution in [0.15, 0.2) is 70.7 Å². The molecule has 0 bridgehead atoms. The van der Waals surface area contributed by atoms with E-state index in [1.54, 1.807) is 30.3 Å². The van der Waals surface area contributed by atoms with Crippen molar-refractivity contribution in [2.24, 2.45) is 5.10 Å². The van der Waals surface area contributed by atoms with Crippen molar-refractivity contribution in [1.29, 1.82) is 0 Å². The summed E-state index contributed by atoms with van der Waals surface area (Å²) in [5.74, 6) is -0.682. The summed E-state index contributed by atoms with van der Waals surface area (Å²) in [6.45, 7) is 1.27. The second-order valence-corrected chi connectivity index (χ2v) is 10.5. The maximum atomic E-state index is 13.4. The van der Waals surface area contributed by atoms with Gasteiger partial charge < -0.3 is 0 Å². The van der Waals surface area contributed by atoms with Crippen molar-refractivity contribution in [3.8, 4) is 0 Å². The molecule has 33 heavy (non-hydrogen) atoms. The lowest BCUT2D eigenvalue weighted by molar-refractivity contribution is -0.119. The number of hydrogen-bond donors (Lipinski definition) is 1. The second kappa shape index (κ2) is 10.8. The lowest BCUT2D eigenvalue weighted by Crippen LogP contribution is -2.39. The first-order chi connectivity index (χ1) is 15.6. The van der Waals surface area contributed by atoms with Gasteiger partial charge >= 0.3 is 0 Å². The molecule has 0 atom stereocenters. The number of sulfonamides is 1. The number of benzene rings is 3. The normalized spacial score (nSPS) is 11.5. The van der Waals surface area contributed by atoms with Crippen LogP contribution in [0, 0.1) is 6.92 Å². The Balaban J connectivity index is 1.87. The summed E-state index contributed by atoms with van der Waals surface area (Å²) in [7, 11) is -4.12. The van der Waals surface area contributed by atoms with E-state index < -0.39 is 22.5 Å². The fourth-order valence-electron chi connectivity index (χ4n) is 2.77. The van der Waals surface area contributed by atoms with Crippen LogP contribution < -0.4 is 9.73 Å². The lowest BCUT2D eigenvalue weighted by Gasteiger charge is -2.24. The lowest BCUT2D eigenvalue weighted by atomic mass is 10.2. The van der Waals surface area contributed by atoms with Crippen molar-refractivity contribution in [3.05, 3.63) is 91.9 Å². The molecule has 172 valence electrons. The molecule has 0 aliphatic carbocycles. The van der Waals surface area contributed by atoms with Gasteiger partial charge in [0.15, 0.2) is 0 Å². The summed E-state index contributed by atoms with van der Waals surface area (Å²) in [4.78, 5) is 12.6. The topological polar surface area (TPSA) is 78.8 Å². The Morgan fingerprint density at radius 1 is 0.939 bits per heavy atom. The molecule has 0 aliphatic heterocycles. The highest BCUT2D eigenvalue weighted by molar-refractivity contribution is 7.92. The molecular weight excluding hydrogens is 528 g/mol. The van der Waals surface area contributed by atoms with Crippen LogP contribution in [-0.2, 0) is 14.8 Å². The second-order valence-electron chi connectivity index (χ2n) is 6.92. The van der Waals surface area contributed by atoms with E-state index in [2.05, 4.69) is 10.5 Å². The number of aryl methyl sites for hydroxylation is 1. The molecule has 0 spiro atoms. The maximum absolute atomic E-state index is 13.4. The Kier molecular flexibility index (Phi) is 8.26. The molecule has 0 aliphatic rings. The number of carbonyl (C=O) groups is 1. The van der Waals surface area contributed by atoms with Gasteiger partial charge in [-0.05, 0) is 55.0 Å². The molecule has 3 aromatic carbocycles. The first kappa shape index (κ1) is 25.3. The predicted molar refractivity (Wildman–Crippen MR) is 134 cm³/mol. The number of anilines is 1. The van der Waals surface area contributed by atoms with Gasteiger partial charge in [0.1, 0.15) is 6.54 Å². The molecule has 1 N–H and O–H groups in total. The third-order valence-corrected chi connectivity index (χ3v) is 7.34. The van der Waals surface area contributed by atoms with Crippen LogP contribution in [0.1, 0.15) is 11.1 Å². The van der Waals surface area contributed by atoms with Gasteiger partial charge in [-0.25, -0.2) is 13.8 Å². The molecule has 0 aromatic heterocycles. The van der Waals surface area contributed by atoms with Crippen LogP contribution >= 0.6 is 46.4 Å². The number of amides is 1. The van der Waals surface area contributed by atoms with E-state index in [4.69, 9.17) is 46.4 Å². The number of nitrogens with one attached hydrogen (secondary N) is 1. The smallest absolute Gasteiger partial charge is 0.264 e. The summed E-state index contributed by atoms with van der Waals surface area (Å²) in [6.07, 6.45) is 1.36. The van der Waals surface area contributed by atoms with Crippen molar-refractivity contribution in [1.82, 2.24) is 5.43 Å². The van der Waals surface area contributed by atoms with Gasteiger partial charge in [-0.2, -0.15) is 5.10 Å². The molecule has 0 fully saturated rings. The van der Waals surface area contributed by atoms with E-state index in [0.717, 1.165) is 9.87 Å². The Morgan fingerprint density at radius 2 is 1.58 bits per heavy atom. The minimum atomic E-state index is -4.12. The highest BCUT2D eigenvalue weighted by Gasteiger charge is 2.27. The zero-order valence-corrected chi connectivity index (χ0v) is 20.9. The molecular formula is C22H17Cl4N3O3S. The van der Waals surface area contributed by atoms with E-state index in [-0.39, 0.29) is 20.6 Å². The SMILES string of the molecule is Cc1ccc(S(=O)(=O)N(CC(=O)N/N=C/c2ccc(Cl)c(Cl)c2)c2cc(Cl)cc(Cl)c2)cc1. The first-order valence-electron chi connectivity index (χ1n) is 9.39. The van der Waals surface area contributed by atoms with Crippen molar-refractivity contribution >= 4 is 74.2 Å². The number of carbonyl (C=O) groups excluding carboxylic acids is 1. The van der Waals surface area contributed by atoms with Gasteiger partial charge in [-0.3, -0.25) is 9.10 Å². The number of nitrogens with zero attached hydrogens (tertiary/aromatic N) is 2. The third-order valence-electron chi connectivity index (χ3n) is 4.38. The molecule has 1 amide bonds. The summed E-state index contributed by atoms with van der Waals surface area (Å²) >= 11 is 24.0. The third kappa shape index (κ3) is 6.62.